The van der Waals surface area contributed by atoms with Crippen molar-refractivity contribution in [3.63, 3.8) is 0 Å². The molecule has 0 unspecified atom stereocenters. The second kappa shape index (κ2) is 7.09. The topological polar surface area (TPSA) is 24.1 Å². The fraction of sp³-hybridized carbons (Fsp3) is 0.238. The number of aryl methyl sites for hydroxylation is 2. The molecule has 0 saturated carbocycles. The van der Waals surface area contributed by atoms with Crippen LogP contribution >= 0.6 is 0 Å². The third kappa shape index (κ3) is 4.69. The summed E-state index contributed by atoms with van der Waals surface area (Å²) in [6, 6.07) is 10.6. The Balaban J connectivity index is 2.23. The summed E-state index contributed by atoms with van der Waals surface area (Å²) >= 11 is 0. The average Bonchev–Trinajstić information content (AvgIpc) is 2.51. The van der Waals surface area contributed by atoms with E-state index >= 15 is 0 Å². The van der Waals surface area contributed by atoms with Crippen molar-refractivity contribution in [2.75, 3.05) is 10.6 Å². The molecule has 2 aromatic rings. The third-order valence-electron chi connectivity index (χ3n) is 3.98. The average molecular weight is 342 g/mol. The lowest BCUT2D eigenvalue weighted by atomic mass is 10.0. The number of alkyl halides is 1. The fourth-order valence-corrected chi connectivity index (χ4v) is 2.31. The van der Waals surface area contributed by atoms with Gasteiger partial charge in [0.05, 0.1) is 5.69 Å². The van der Waals surface area contributed by atoms with Crippen LogP contribution in [0.2, 0.25) is 0 Å². The number of allylic oxidation sites excluding steroid dienone is 1. The van der Waals surface area contributed by atoms with Gasteiger partial charge in [0.25, 0.3) is 0 Å². The van der Waals surface area contributed by atoms with Gasteiger partial charge in [-0.05, 0) is 57.5 Å². The number of halogens is 2. The molecule has 0 aliphatic carbocycles. The zero-order valence-electron chi connectivity index (χ0n) is 15.1. The number of nitrogens with one attached hydrogen (secondary N) is 2. The highest BCUT2D eigenvalue weighted by molar-refractivity contribution is 5.78. The molecule has 25 heavy (non-hydrogen) atoms. The number of hydrogen-bond acceptors (Lipinski definition) is 2. The molecule has 4 heteroatoms. The maximum atomic E-state index is 14.0. The molecule has 0 radical (unpaired) electrons. The highest BCUT2D eigenvalue weighted by Gasteiger charge is 2.21. The Labute approximate surface area is 148 Å². The Bertz CT molecular complexity index is 817. The van der Waals surface area contributed by atoms with Gasteiger partial charge in [0.1, 0.15) is 11.5 Å². The highest BCUT2D eigenvalue weighted by Crippen LogP contribution is 2.28. The van der Waals surface area contributed by atoms with Gasteiger partial charge in [-0.3, -0.25) is 0 Å². The minimum Gasteiger partial charge on any atom is -0.355 e. The summed E-state index contributed by atoms with van der Waals surface area (Å²) in [5.41, 5.74) is 3.18. The highest BCUT2D eigenvalue weighted by atomic mass is 19.1. The summed E-state index contributed by atoms with van der Waals surface area (Å²) in [4.78, 5) is 0. The van der Waals surface area contributed by atoms with Gasteiger partial charge in [0, 0.05) is 22.6 Å². The lowest BCUT2D eigenvalue weighted by molar-refractivity contribution is 0.271. The van der Waals surface area contributed by atoms with E-state index in [-0.39, 0.29) is 11.4 Å². The molecule has 132 valence electrons. The van der Waals surface area contributed by atoms with E-state index in [1.54, 1.807) is 12.1 Å². The first-order chi connectivity index (χ1) is 11.6. The Kier molecular flexibility index (Phi) is 5.31. The van der Waals surface area contributed by atoms with Gasteiger partial charge >= 0.3 is 0 Å². The molecule has 2 nitrogen and oxygen atoms in total. The summed E-state index contributed by atoms with van der Waals surface area (Å²) in [6.45, 7) is 14.5. The molecular weight excluding hydrogens is 318 g/mol. The Morgan fingerprint density at radius 2 is 1.68 bits per heavy atom. The van der Waals surface area contributed by atoms with Crippen molar-refractivity contribution >= 4 is 17.1 Å². The van der Waals surface area contributed by atoms with Gasteiger partial charge in [-0.15, -0.1) is 0 Å². The zero-order valence-corrected chi connectivity index (χ0v) is 15.1. The Morgan fingerprint density at radius 3 is 2.32 bits per heavy atom. The van der Waals surface area contributed by atoms with Crippen molar-refractivity contribution in [2.24, 2.45) is 0 Å². The number of benzene rings is 2. The summed E-state index contributed by atoms with van der Waals surface area (Å²) in [5, 5.41) is 5.89. The number of hydrogen-bond donors (Lipinski definition) is 2. The lowest BCUT2D eigenvalue weighted by Gasteiger charge is -2.20. The van der Waals surface area contributed by atoms with Gasteiger partial charge in [0.2, 0.25) is 0 Å². The Hall–Kier alpha value is -2.62. The van der Waals surface area contributed by atoms with Crippen LogP contribution in [0.1, 0.15) is 30.5 Å². The second-order valence-corrected chi connectivity index (χ2v) is 6.69. The molecule has 0 amide bonds. The maximum Gasteiger partial charge on any atom is 0.146 e. The van der Waals surface area contributed by atoms with Crippen molar-refractivity contribution in [1.82, 2.24) is 0 Å². The molecular formula is C21H24F2N2. The standard InChI is InChI=1S/C21H24F2N2/c1-13-7-8-14(2)18(11-13)15(3)24-17-9-10-19(22)20(12-17)25-16(4)21(5,6)23/h7-12,24-25H,3-4H2,1-2,5-6H3. The summed E-state index contributed by atoms with van der Waals surface area (Å²) in [6.07, 6.45) is 0. The molecule has 0 aliphatic rings. The van der Waals surface area contributed by atoms with E-state index in [2.05, 4.69) is 23.8 Å². The molecule has 0 spiro atoms. The summed E-state index contributed by atoms with van der Waals surface area (Å²) < 4.78 is 27.9. The monoisotopic (exact) mass is 342 g/mol. The molecule has 2 rings (SSSR count). The van der Waals surface area contributed by atoms with Crippen LogP contribution in [0.3, 0.4) is 0 Å². The van der Waals surface area contributed by atoms with Crippen LogP contribution in [0.25, 0.3) is 5.70 Å². The molecule has 0 atom stereocenters. The van der Waals surface area contributed by atoms with Crippen LogP contribution in [0.5, 0.6) is 0 Å². The summed E-state index contributed by atoms with van der Waals surface area (Å²) in [7, 11) is 0. The Morgan fingerprint density at radius 1 is 1.00 bits per heavy atom. The van der Waals surface area contributed by atoms with Gasteiger partial charge in [-0.2, -0.15) is 0 Å². The van der Waals surface area contributed by atoms with Crippen LogP contribution < -0.4 is 10.6 Å². The van der Waals surface area contributed by atoms with Gasteiger partial charge in [0.15, 0.2) is 0 Å². The van der Waals surface area contributed by atoms with E-state index in [9.17, 15) is 8.78 Å². The molecule has 0 bridgehead atoms. The predicted octanol–water partition coefficient (Wildman–Crippen LogP) is 6.20. The zero-order chi connectivity index (χ0) is 18.8. The van der Waals surface area contributed by atoms with E-state index in [1.807, 2.05) is 32.0 Å². The molecule has 2 aromatic carbocycles. The smallest absolute Gasteiger partial charge is 0.146 e. The molecule has 0 aliphatic heterocycles. The molecule has 0 saturated heterocycles. The van der Waals surface area contributed by atoms with Crippen LogP contribution in [-0.4, -0.2) is 5.67 Å². The van der Waals surface area contributed by atoms with Gasteiger partial charge in [-0.25, -0.2) is 8.78 Å². The first-order valence-electron chi connectivity index (χ1n) is 8.06. The second-order valence-electron chi connectivity index (χ2n) is 6.69. The quantitative estimate of drug-likeness (QED) is 0.653. The van der Waals surface area contributed by atoms with Crippen molar-refractivity contribution in [2.45, 2.75) is 33.4 Å². The maximum absolute atomic E-state index is 14.0. The molecule has 2 N–H and O–H groups in total. The minimum absolute atomic E-state index is 0.0944. The predicted molar refractivity (Wildman–Crippen MR) is 103 cm³/mol. The van der Waals surface area contributed by atoms with Crippen LogP contribution in [0, 0.1) is 19.7 Å². The van der Waals surface area contributed by atoms with Crippen molar-refractivity contribution in [1.29, 1.82) is 0 Å². The van der Waals surface area contributed by atoms with Gasteiger partial charge < -0.3 is 10.6 Å². The van der Waals surface area contributed by atoms with E-state index in [1.165, 1.54) is 19.9 Å². The van der Waals surface area contributed by atoms with E-state index < -0.39 is 11.5 Å². The van der Waals surface area contributed by atoms with E-state index in [4.69, 9.17) is 0 Å². The molecule has 0 heterocycles. The van der Waals surface area contributed by atoms with Gasteiger partial charge in [-0.1, -0.05) is 30.9 Å². The van der Waals surface area contributed by atoms with Crippen molar-refractivity contribution in [3.05, 3.63) is 77.8 Å². The van der Waals surface area contributed by atoms with E-state index in [0.29, 0.717) is 11.4 Å². The SMILES string of the molecule is C=C(Nc1ccc(F)c(NC(=C)C(C)(C)F)c1)c1cc(C)ccc1C. The van der Waals surface area contributed by atoms with Crippen LogP contribution in [-0.2, 0) is 0 Å². The number of rotatable bonds is 6. The normalized spacial score (nSPS) is 11.1. The minimum atomic E-state index is -1.65. The van der Waals surface area contributed by atoms with Crippen molar-refractivity contribution < 1.29 is 8.78 Å². The first kappa shape index (κ1) is 18.7. The van der Waals surface area contributed by atoms with E-state index in [0.717, 1.165) is 16.7 Å². The first-order valence-corrected chi connectivity index (χ1v) is 8.06. The van der Waals surface area contributed by atoms with Crippen LogP contribution in [0.15, 0.2) is 55.3 Å². The van der Waals surface area contributed by atoms with Crippen molar-refractivity contribution in [3.8, 4) is 0 Å². The lowest BCUT2D eigenvalue weighted by Crippen LogP contribution is -2.21. The third-order valence-corrected chi connectivity index (χ3v) is 3.98. The fourth-order valence-electron chi connectivity index (χ4n) is 2.31. The molecule has 0 aromatic heterocycles. The van der Waals surface area contributed by atoms with Crippen LogP contribution in [0.4, 0.5) is 20.2 Å². The summed E-state index contributed by atoms with van der Waals surface area (Å²) in [5.74, 6) is -0.478. The largest absolute Gasteiger partial charge is 0.355 e. The molecule has 0 fully saturated rings. The number of anilines is 2.